The molecule has 4 fully saturated rings. The van der Waals surface area contributed by atoms with Crippen LogP contribution in [0.15, 0.2) is 18.2 Å². The first-order valence-corrected chi connectivity index (χ1v) is 15.9. The van der Waals surface area contributed by atoms with Gasteiger partial charge in [0.1, 0.15) is 17.3 Å². The summed E-state index contributed by atoms with van der Waals surface area (Å²) >= 11 is 0. The van der Waals surface area contributed by atoms with Gasteiger partial charge < -0.3 is 19.8 Å². The lowest BCUT2D eigenvalue weighted by atomic mass is 9.42. The van der Waals surface area contributed by atoms with Crippen molar-refractivity contribution >= 4 is 11.7 Å². The van der Waals surface area contributed by atoms with Gasteiger partial charge >= 0.3 is 0 Å². The van der Waals surface area contributed by atoms with Crippen molar-refractivity contribution in [3.05, 3.63) is 23.8 Å². The third-order valence-corrected chi connectivity index (χ3v) is 11.9. The standard InChI is InChI=1S/C34H51NO5/c1-33-14-12-25(36)20-24(33)19-23(32-28-10-11-30(38)34(28,2)15-13-29(32)33)8-5-7-22-17-26(37)21-27(18-22)40-16-6-9-31(39)35(3)4/h17-18,21,23-24,28-30,32,37-38H,5-16,19-20H2,1-4H3/t23-,24?,28?,29?,30+,32?,33+,34+/m1/s1. The summed E-state index contributed by atoms with van der Waals surface area (Å²) in [6, 6.07) is 5.52. The molecule has 4 unspecified atom stereocenters. The number of aromatic hydroxyl groups is 1. The van der Waals surface area contributed by atoms with Crippen LogP contribution in [-0.2, 0) is 16.0 Å². The normalized spacial score (nSPS) is 36.9. The molecule has 4 saturated carbocycles. The highest BCUT2D eigenvalue weighted by atomic mass is 16.5. The lowest BCUT2D eigenvalue weighted by Gasteiger charge is -2.62. The molecule has 1 aromatic carbocycles. The van der Waals surface area contributed by atoms with Gasteiger partial charge in [0.15, 0.2) is 0 Å². The van der Waals surface area contributed by atoms with E-state index in [-0.39, 0.29) is 28.6 Å². The number of carbonyl (C=O) groups is 2. The van der Waals surface area contributed by atoms with E-state index in [2.05, 4.69) is 13.8 Å². The third kappa shape index (κ3) is 5.67. The molecular weight excluding hydrogens is 502 g/mol. The Labute approximate surface area is 240 Å². The van der Waals surface area contributed by atoms with E-state index in [0.717, 1.165) is 69.8 Å². The first-order chi connectivity index (χ1) is 19.0. The van der Waals surface area contributed by atoms with Crippen LogP contribution in [-0.4, -0.2) is 53.6 Å². The number of ether oxygens (including phenoxy) is 1. The molecule has 8 atom stereocenters. The molecular formula is C34H51NO5. The largest absolute Gasteiger partial charge is 0.508 e. The third-order valence-electron chi connectivity index (χ3n) is 11.9. The molecule has 0 heterocycles. The minimum absolute atomic E-state index is 0.0434. The van der Waals surface area contributed by atoms with E-state index in [4.69, 9.17) is 4.74 Å². The van der Waals surface area contributed by atoms with Gasteiger partial charge in [-0.2, -0.15) is 0 Å². The molecule has 1 amide bonds. The summed E-state index contributed by atoms with van der Waals surface area (Å²) in [5.74, 6) is 4.39. The Balaban J connectivity index is 1.25. The predicted octanol–water partition coefficient (Wildman–Crippen LogP) is 6.16. The van der Waals surface area contributed by atoms with Gasteiger partial charge in [0.05, 0.1) is 12.7 Å². The molecule has 6 nitrogen and oxygen atoms in total. The molecule has 40 heavy (non-hydrogen) atoms. The fourth-order valence-electron chi connectivity index (χ4n) is 9.57. The fourth-order valence-corrected chi connectivity index (χ4v) is 9.57. The topological polar surface area (TPSA) is 87.1 Å². The van der Waals surface area contributed by atoms with Crippen LogP contribution >= 0.6 is 0 Å². The average molecular weight is 554 g/mol. The van der Waals surface area contributed by atoms with Crippen LogP contribution < -0.4 is 4.74 Å². The number of ketones is 1. The van der Waals surface area contributed by atoms with E-state index < -0.39 is 0 Å². The van der Waals surface area contributed by atoms with Gasteiger partial charge in [-0.1, -0.05) is 13.8 Å². The van der Waals surface area contributed by atoms with Crippen molar-refractivity contribution in [1.82, 2.24) is 4.90 Å². The van der Waals surface area contributed by atoms with Crippen molar-refractivity contribution in [3.8, 4) is 11.5 Å². The summed E-state index contributed by atoms with van der Waals surface area (Å²) in [6.45, 7) is 5.29. The van der Waals surface area contributed by atoms with E-state index in [0.29, 0.717) is 60.6 Å². The molecule has 6 heteroatoms. The number of hydrogen-bond acceptors (Lipinski definition) is 5. The van der Waals surface area contributed by atoms with Crippen molar-refractivity contribution in [3.63, 3.8) is 0 Å². The van der Waals surface area contributed by atoms with Gasteiger partial charge in [0.2, 0.25) is 5.91 Å². The summed E-state index contributed by atoms with van der Waals surface area (Å²) in [5.41, 5.74) is 1.38. The summed E-state index contributed by atoms with van der Waals surface area (Å²) in [5, 5.41) is 21.4. The zero-order valence-electron chi connectivity index (χ0n) is 25.2. The molecule has 222 valence electrons. The molecule has 0 aliphatic heterocycles. The van der Waals surface area contributed by atoms with Crippen molar-refractivity contribution < 1.29 is 24.5 Å². The molecule has 2 N–H and O–H groups in total. The second kappa shape index (κ2) is 11.7. The Kier molecular flexibility index (Phi) is 8.57. The van der Waals surface area contributed by atoms with Gasteiger partial charge in [-0.25, -0.2) is 0 Å². The number of aliphatic hydroxyl groups is 1. The quantitative estimate of drug-likeness (QED) is 0.358. The lowest BCUT2D eigenvalue weighted by molar-refractivity contribution is -0.156. The Hall–Kier alpha value is -2.08. The molecule has 5 rings (SSSR count). The van der Waals surface area contributed by atoms with Crippen LogP contribution in [0.5, 0.6) is 11.5 Å². The summed E-state index contributed by atoms with van der Waals surface area (Å²) in [4.78, 5) is 25.9. The van der Waals surface area contributed by atoms with Crippen molar-refractivity contribution in [2.45, 2.75) is 103 Å². The number of Topliss-reactive ketones (excluding diaryl/α,β-unsaturated/α-hetero) is 1. The summed E-state index contributed by atoms with van der Waals surface area (Å²) in [6.07, 6.45) is 12.1. The molecule has 4 aliphatic rings. The van der Waals surface area contributed by atoms with Crippen LogP contribution in [0.25, 0.3) is 0 Å². The number of aryl methyl sites for hydroxylation is 1. The van der Waals surface area contributed by atoms with Crippen LogP contribution in [0, 0.1) is 40.4 Å². The van der Waals surface area contributed by atoms with Gasteiger partial charge in [-0.05, 0) is 122 Å². The van der Waals surface area contributed by atoms with Gasteiger partial charge in [0.25, 0.3) is 0 Å². The highest BCUT2D eigenvalue weighted by molar-refractivity contribution is 5.79. The Morgan fingerprint density at radius 2 is 1.82 bits per heavy atom. The number of amides is 1. The van der Waals surface area contributed by atoms with E-state index in [1.54, 1.807) is 25.1 Å². The molecule has 4 aliphatic carbocycles. The Morgan fingerprint density at radius 1 is 1.05 bits per heavy atom. The van der Waals surface area contributed by atoms with Crippen LogP contribution in [0.2, 0.25) is 0 Å². The number of hydrogen-bond donors (Lipinski definition) is 2. The maximum absolute atomic E-state index is 12.5. The molecule has 0 aromatic heterocycles. The molecule has 0 saturated heterocycles. The van der Waals surface area contributed by atoms with Gasteiger partial charge in [0, 0.05) is 39.4 Å². The van der Waals surface area contributed by atoms with E-state index >= 15 is 0 Å². The van der Waals surface area contributed by atoms with Crippen LogP contribution in [0.1, 0.15) is 96.5 Å². The van der Waals surface area contributed by atoms with Crippen molar-refractivity contribution in [2.75, 3.05) is 20.7 Å². The number of aliphatic hydroxyl groups excluding tert-OH is 1. The van der Waals surface area contributed by atoms with Gasteiger partial charge in [-0.15, -0.1) is 0 Å². The second-order valence-electron chi connectivity index (χ2n) is 14.3. The summed E-state index contributed by atoms with van der Waals surface area (Å²) < 4.78 is 5.89. The highest BCUT2D eigenvalue weighted by Gasteiger charge is 2.62. The van der Waals surface area contributed by atoms with E-state index in [1.165, 1.54) is 6.42 Å². The van der Waals surface area contributed by atoms with E-state index in [9.17, 15) is 19.8 Å². The van der Waals surface area contributed by atoms with Crippen molar-refractivity contribution in [1.29, 1.82) is 0 Å². The maximum Gasteiger partial charge on any atom is 0.222 e. The smallest absolute Gasteiger partial charge is 0.222 e. The molecule has 0 bridgehead atoms. The van der Waals surface area contributed by atoms with Gasteiger partial charge in [-0.3, -0.25) is 9.59 Å². The predicted molar refractivity (Wildman–Crippen MR) is 156 cm³/mol. The van der Waals surface area contributed by atoms with Crippen molar-refractivity contribution in [2.24, 2.45) is 40.4 Å². The number of carbonyl (C=O) groups excluding carboxylic acids is 2. The minimum Gasteiger partial charge on any atom is -0.508 e. The average Bonchev–Trinajstić information content (AvgIpc) is 3.21. The first kappa shape index (κ1) is 29.4. The zero-order chi connectivity index (χ0) is 28.7. The SMILES string of the molecule is CN(C)C(=O)CCCOc1cc(O)cc(CCC[C@@H]2CC3CC(=O)CC[C@]3(C)C3CC[C@@]4(C)C(CC[C@@H]4O)C32)c1. The molecule has 0 radical (unpaired) electrons. The first-order valence-electron chi connectivity index (χ1n) is 15.9. The second-order valence-corrected chi connectivity index (χ2v) is 14.3. The monoisotopic (exact) mass is 553 g/mol. The number of phenolic OH excluding ortho intramolecular Hbond substituents is 1. The lowest BCUT2D eigenvalue weighted by Crippen LogP contribution is -2.57. The molecule has 1 aromatic rings. The summed E-state index contributed by atoms with van der Waals surface area (Å²) in [7, 11) is 3.52. The van der Waals surface area contributed by atoms with Crippen LogP contribution in [0.4, 0.5) is 0 Å². The number of nitrogens with zero attached hydrogens (tertiary/aromatic N) is 1. The van der Waals surface area contributed by atoms with Crippen LogP contribution in [0.3, 0.4) is 0 Å². The Bertz CT molecular complexity index is 1090. The number of benzene rings is 1. The fraction of sp³-hybridized carbons (Fsp3) is 0.765. The number of rotatable bonds is 9. The molecule has 0 spiro atoms. The minimum atomic E-state index is -0.177. The zero-order valence-corrected chi connectivity index (χ0v) is 25.2. The highest BCUT2D eigenvalue weighted by Crippen LogP contribution is 2.67. The Morgan fingerprint density at radius 3 is 2.60 bits per heavy atom. The number of fused-ring (bicyclic) bond motifs is 5. The van der Waals surface area contributed by atoms with E-state index in [1.807, 2.05) is 12.1 Å². The number of phenols is 1. The maximum atomic E-state index is 12.5.